The SMILES string of the molecule is COc1ccc([C@H]2C3=CC[C@@H]4C(=O)N(CCc5ccc(O)cc5)C(=O)[C@@H]4[C@@H]3C[C@H]3C(=O)N(c4ccccc4)C(=O)[C@@]23C)c(O)c1. The zero-order valence-electron chi connectivity index (χ0n) is 25.1. The predicted octanol–water partition coefficient (Wildman–Crippen LogP) is 4.58. The van der Waals surface area contributed by atoms with Crippen molar-refractivity contribution in [3.05, 3.63) is 95.6 Å². The third-order valence-electron chi connectivity index (χ3n) is 10.5. The maximum atomic E-state index is 14.4. The first-order valence-electron chi connectivity index (χ1n) is 15.3. The minimum Gasteiger partial charge on any atom is -0.508 e. The van der Waals surface area contributed by atoms with Crippen LogP contribution < -0.4 is 9.64 Å². The molecule has 0 aromatic heterocycles. The van der Waals surface area contributed by atoms with E-state index in [1.54, 1.807) is 67.6 Å². The molecule has 3 aromatic carbocycles. The number of likely N-dealkylation sites (tertiary alicyclic amines) is 1. The summed E-state index contributed by atoms with van der Waals surface area (Å²) in [6, 6.07) is 20.4. The van der Waals surface area contributed by atoms with Crippen LogP contribution in [0.2, 0.25) is 0 Å². The Morgan fingerprint density at radius 1 is 0.889 bits per heavy atom. The highest BCUT2D eigenvalue weighted by molar-refractivity contribution is 6.24. The molecule has 7 rings (SSSR count). The van der Waals surface area contributed by atoms with Crippen molar-refractivity contribution in [3.63, 3.8) is 0 Å². The van der Waals surface area contributed by atoms with Crippen LogP contribution in [-0.4, -0.2) is 52.4 Å². The van der Waals surface area contributed by atoms with Gasteiger partial charge in [0.15, 0.2) is 0 Å². The molecule has 2 aliphatic heterocycles. The van der Waals surface area contributed by atoms with Crippen LogP contribution in [0, 0.1) is 29.1 Å². The number of hydrogen-bond donors (Lipinski definition) is 2. The van der Waals surface area contributed by atoms with Gasteiger partial charge in [-0.05, 0) is 68.0 Å². The Labute approximate surface area is 260 Å². The maximum Gasteiger partial charge on any atom is 0.241 e. The summed E-state index contributed by atoms with van der Waals surface area (Å²) in [5.74, 6) is -3.82. The van der Waals surface area contributed by atoms with Gasteiger partial charge in [0.25, 0.3) is 0 Å². The first-order valence-corrected chi connectivity index (χ1v) is 15.3. The van der Waals surface area contributed by atoms with Gasteiger partial charge in [0, 0.05) is 24.1 Å². The van der Waals surface area contributed by atoms with Gasteiger partial charge in [0.2, 0.25) is 23.6 Å². The van der Waals surface area contributed by atoms with Crippen LogP contribution in [0.25, 0.3) is 0 Å². The van der Waals surface area contributed by atoms with E-state index in [1.807, 2.05) is 12.1 Å². The Morgan fingerprint density at radius 3 is 2.31 bits per heavy atom. The summed E-state index contributed by atoms with van der Waals surface area (Å²) >= 11 is 0. The van der Waals surface area contributed by atoms with Crippen molar-refractivity contribution >= 4 is 29.3 Å². The van der Waals surface area contributed by atoms with E-state index in [9.17, 15) is 29.4 Å². The van der Waals surface area contributed by atoms with Crippen molar-refractivity contribution in [3.8, 4) is 17.2 Å². The summed E-state index contributed by atoms with van der Waals surface area (Å²) in [5.41, 5.74) is 1.42. The predicted molar refractivity (Wildman–Crippen MR) is 164 cm³/mol. The van der Waals surface area contributed by atoms with Crippen LogP contribution in [0.3, 0.4) is 0 Å². The molecule has 0 spiro atoms. The Kier molecular flexibility index (Phi) is 6.80. The Morgan fingerprint density at radius 2 is 1.62 bits per heavy atom. The number of hydrogen-bond acceptors (Lipinski definition) is 7. The third-order valence-corrected chi connectivity index (χ3v) is 10.5. The van der Waals surface area contributed by atoms with Gasteiger partial charge in [0.05, 0.1) is 36.0 Å². The number of phenols is 2. The molecule has 1 saturated carbocycles. The normalized spacial score (nSPS) is 28.9. The smallest absolute Gasteiger partial charge is 0.241 e. The zero-order chi connectivity index (χ0) is 31.6. The number of carbonyl (C=O) groups excluding carboxylic acids is 4. The largest absolute Gasteiger partial charge is 0.508 e. The molecule has 2 aliphatic carbocycles. The lowest BCUT2D eigenvalue weighted by Gasteiger charge is -2.49. The van der Waals surface area contributed by atoms with Gasteiger partial charge < -0.3 is 14.9 Å². The molecule has 0 radical (unpaired) electrons. The van der Waals surface area contributed by atoms with Crippen molar-refractivity contribution in [2.24, 2.45) is 29.1 Å². The van der Waals surface area contributed by atoms with Crippen molar-refractivity contribution in [2.45, 2.75) is 32.1 Å². The molecule has 4 amide bonds. The quantitative estimate of drug-likeness (QED) is 0.311. The Bertz CT molecular complexity index is 1750. The van der Waals surface area contributed by atoms with Gasteiger partial charge >= 0.3 is 0 Å². The molecule has 45 heavy (non-hydrogen) atoms. The number of allylic oxidation sites excluding steroid dienone is 2. The number of methoxy groups -OCH3 is 1. The van der Waals surface area contributed by atoms with E-state index in [1.165, 1.54) is 23.0 Å². The van der Waals surface area contributed by atoms with Crippen LogP contribution in [-0.2, 0) is 25.6 Å². The average molecular weight is 607 g/mol. The van der Waals surface area contributed by atoms with Crippen molar-refractivity contribution in [2.75, 3.05) is 18.6 Å². The zero-order valence-corrected chi connectivity index (χ0v) is 25.1. The number of aromatic hydroxyl groups is 2. The van der Waals surface area contributed by atoms with Crippen molar-refractivity contribution < 1.29 is 34.1 Å². The maximum absolute atomic E-state index is 14.4. The summed E-state index contributed by atoms with van der Waals surface area (Å²) in [4.78, 5) is 59.0. The topological polar surface area (TPSA) is 124 Å². The molecule has 230 valence electrons. The Balaban J connectivity index is 1.29. The highest BCUT2D eigenvalue weighted by Crippen LogP contribution is 2.64. The summed E-state index contributed by atoms with van der Waals surface area (Å²) in [7, 11) is 1.50. The van der Waals surface area contributed by atoms with E-state index in [-0.39, 0.29) is 48.1 Å². The Hall–Kier alpha value is -4.92. The van der Waals surface area contributed by atoms with E-state index in [2.05, 4.69) is 0 Å². The second-order valence-electron chi connectivity index (χ2n) is 12.7. The molecule has 6 atom stereocenters. The summed E-state index contributed by atoms with van der Waals surface area (Å²) < 4.78 is 5.32. The van der Waals surface area contributed by atoms with E-state index in [4.69, 9.17) is 4.74 Å². The number of carbonyl (C=O) groups is 4. The number of fused-ring (bicyclic) bond motifs is 4. The number of para-hydroxylation sites is 1. The van der Waals surface area contributed by atoms with Crippen LogP contribution in [0.5, 0.6) is 17.2 Å². The van der Waals surface area contributed by atoms with Crippen LogP contribution in [0.1, 0.15) is 36.8 Å². The van der Waals surface area contributed by atoms with Gasteiger partial charge in [-0.15, -0.1) is 0 Å². The average Bonchev–Trinajstić information content (AvgIpc) is 3.40. The molecule has 9 nitrogen and oxygen atoms in total. The number of benzene rings is 3. The third kappa shape index (κ3) is 4.28. The lowest BCUT2D eigenvalue weighted by molar-refractivity contribution is -0.140. The molecule has 4 aliphatic rings. The van der Waals surface area contributed by atoms with Crippen LogP contribution in [0.4, 0.5) is 5.69 Å². The van der Waals surface area contributed by atoms with E-state index < -0.39 is 35.0 Å². The second-order valence-corrected chi connectivity index (χ2v) is 12.7. The molecule has 2 saturated heterocycles. The van der Waals surface area contributed by atoms with Gasteiger partial charge in [-0.2, -0.15) is 0 Å². The monoisotopic (exact) mass is 606 g/mol. The molecule has 0 bridgehead atoms. The minimum atomic E-state index is -1.24. The molecule has 0 unspecified atom stereocenters. The van der Waals surface area contributed by atoms with Crippen LogP contribution >= 0.6 is 0 Å². The molecule has 3 aromatic rings. The van der Waals surface area contributed by atoms with Crippen molar-refractivity contribution in [1.29, 1.82) is 0 Å². The fourth-order valence-electron chi connectivity index (χ4n) is 8.27. The molecular formula is C36H34N2O7. The number of phenolic OH excluding ortho intramolecular Hbond substituents is 2. The van der Waals surface area contributed by atoms with Gasteiger partial charge in [-0.3, -0.25) is 24.1 Å². The van der Waals surface area contributed by atoms with Crippen LogP contribution in [0.15, 0.2) is 84.4 Å². The molecule has 2 heterocycles. The number of nitrogens with zero attached hydrogens (tertiary/aromatic N) is 2. The second kappa shape index (κ2) is 10.6. The van der Waals surface area contributed by atoms with Gasteiger partial charge in [-0.1, -0.05) is 48.0 Å². The lowest BCUT2D eigenvalue weighted by atomic mass is 9.51. The van der Waals surface area contributed by atoms with Crippen molar-refractivity contribution in [1.82, 2.24) is 4.90 Å². The fraction of sp³-hybridized carbons (Fsp3) is 0.333. The lowest BCUT2D eigenvalue weighted by Crippen LogP contribution is -2.48. The van der Waals surface area contributed by atoms with Gasteiger partial charge in [-0.25, -0.2) is 4.90 Å². The molecule has 9 heteroatoms. The van der Waals surface area contributed by atoms with Gasteiger partial charge in [0.1, 0.15) is 17.2 Å². The number of rotatable bonds is 6. The number of amides is 4. The first kappa shape index (κ1) is 28.8. The summed E-state index contributed by atoms with van der Waals surface area (Å²) in [5, 5.41) is 20.9. The number of imide groups is 2. The first-order chi connectivity index (χ1) is 21.6. The summed E-state index contributed by atoms with van der Waals surface area (Å²) in [6.45, 7) is 2.00. The van der Waals surface area contributed by atoms with E-state index >= 15 is 0 Å². The molecular weight excluding hydrogens is 572 g/mol. The fourth-order valence-corrected chi connectivity index (χ4v) is 8.27. The summed E-state index contributed by atoms with van der Waals surface area (Å²) in [6.07, 6.45) is 2.99. The van der Waals surface area contributed by atoms with E-state index in [0.717, 1.165) is 11.1 Å². The highest BCUT2D eigenvalue weighted by Gasteiger charge is 2.67. The molecule has 2 N–H and O–H groups in total. The van der Waals surface area contributed by atoms with E-state index in [0.29, 0.717) is 29.8 Å². The molecule has 3 fully saturated rings. The number of ether oxygens (including phenoxy) is 1. The standard InChI is InChI=1S/C36H34N2O7/c1-36-28(33(42)38(35(36)44)21-6-4-3-5-7-21)19-27-24(31(36)25-13-12-23(45-2)18-29(25)40)14-15-26-30(27)34(43)37(32(26)41)17-16-20-8-10-22(39)11-9-20/h3-14,18,26-28,30-31,39-40H,15-17,19H2,1-2H3/t26-,27+,28-,30-,31+,36+/m0/s1. The number of anilines is 1. The highest BCUT2D eigenvalue weighted by atomic mass is 16.5. The minimum absolute atomic E-state index is 0.0641.